The fourth-order valence-electron chi connectivity index (χ4n) is 4.42. The zero-order valence-electron chi connectivity index (χ0n) is 18.5. The van der Waals surface area contributed by atoms with E-state index in [0.29, 0.717) is 35.7 Å². The Morgan fingerprint density at radius 3 is 2.56 bits per heavy atom. The summed E-state index contributed by atoms with van der Waals surface area (Å²) in [6, 6.07) is 16.4. The van der Waals surface area contributed by atoms with Gasteiger partial charge in [0, 0.05) is 13.1 Å². The van der Waals surface area contributed by atoms with Crippen LogP contribution in [0, 0.1) is 0 Å². The molecule has 1 fully saturated rings. The number of likely N-dealkylation sites (tertiary alicyclic amines) is 1. The van der Waals surface area contributed by atoms with Crippen LogP contribution < -0.4 is 16.2 Å². The molecule has 0 bridgehead atoms. The van der Waals surface area contributed by atoms with Gasteiger partial charge in [-0.2, -0.15) is 0 Å². The summed E-state index contributed by atoms with van der Waals surface area (Å²) < 4.78 is 9.02. The number of aromatic nitrogens is 4. The van der Waals surface area contributed by atoms with Gasteiger partial charge >= 0.3 is 5.69 Å². The number of ether oxygens (including phenoxy) is 1. The molecule has 0 spiro atoms. The number of piperidine rings is 1. The van der Waals surface area contributed by atoms with Crippen molar-refractivity contribution in [2.75, 3.05) is 18.8 Å². The van der Waals surface area contributed by atoms with E-state index in [1.807, 2.05) is 30.3 Å². The Bertz CT molecular complexity index is 1410. The second-order valence-corrected chi connectivity index (χ2v) is 8.11. The minimum absolute atomic E-state index is 0.148. The van der Waals surface area contributed by atoms with Crippen molar-refractivity contribution in [2.24, 2.45) is 0 Å². The minimum Gasteiger partial charge on any atom is -0.457 e. The lowest BCUT2D eigenvalue weighted by atomic mass is 10.1. The van der Waals surface area contributed by atoms with E-state index in [2.05, 4.69) is 16.5 Å². The molecule has 0 radical (unpaired) electrons. The molecule has 3 heterocycles. The molecule has 2 aromatic carbocycles. The number of amides is 1. The highest BCUT2D eigenvalue weighted by Crippen LogP contribution is 2.28. The predicted octanol–water partition coefficient (Wildman–Crippen LogP) is 3.31. The molecule has 4 aromatic rings. The van der Waals surface area contributed by atoms with Gasteiger partial charge < -0.3 is 15.4 Å². The summed E-state index contributed by atoms with van der Waals surface area (Å²) in [6.07, 6.45) is 4.17. The van der Waals surface area contributed by atoms with Crippen molar-refractivity contribution in [1.82, 2.24) is 24.0 Å². The molecule has 0 saturated carbocycles. The fourth-order valence-corrected chi connectivity index (χ4v) is 4.42. The predicted molar refractivity (Wildman–Crippen MR) is 129 cm³/mol. The number of benzene rings is 2. The third-order valence-electron chi connectivity index (χ3n) is 6.00. The Kier molecular flexibility index (Phi) is 5.59. The normalized spacial score (nSPS) is 15.9. The number of hydrogen-bond acceptors (Lipinski definition) is 6. The van der Waals surface area contributed by atoms with Gasteiger partial charge in [-0.25, -0.2) is 14.8 Å². The van der Waals surface area contributed by atoms with Gasteiger partial charge in [0.25, 0.3) is 0 Å². The average Bonchev–Trinajstić information content (AvgIpc) is 3.17. The highest BCUT2D eigenvalue weighted by molar-refractivity contribution is 5.87. The van der Waals surface area contributed by atoms with Gasteiger partial charge in [-0.3, -0.25) is 13.9 Å². The van der Waals surface area contributed by atoms with Gasteiger partial charge in [0.1, 0.15) is 23.3 Å². The molecular formula is C25H24N6O3. The number of anilines is 1. The smallest absolute Gasteiger partial charge is 0.335 e. The van der Waals surface area contributed by atoms with Gasteiger partial charge in [-0.1, -0.05) is 24.8 Å². The van der Waals surface area contributed by atoms with Crippen molar-refractivity contribution in [2.45, 2.75) is 18.9 Å². The second-order valence-electron chi connectivity index (χ2n) is 8.11. The van der Waals surface area contributed by atoms with Crippen molar-refractivity contribution in [3.05, 3.63) is 84.1 Å². The Balaban J connectivity index is 1.56. The average molecular weight is 457 g/mol. The maximum atomic E-state index is 13.7. The van der Waals surface area contributed by atoms with Crippen LogP contribution in [0.2, 0.25) is 0 Å². The summed E-state index contributed by atoms with van der Waals surface area (Å²) in [6.45, 7) is 4.61. The summed E-state index contributed by atoms with van der Waals surface area (Å²) in [5.74, 6) is 1.42. The standard InChI is InChI=1S/C25H24N6O3/c1-2-21(32)29-14-6-7-18(15-29)31-24-22(23(26)27-16-28-24)30(25(31)33)17-10-12-20(13-11-17)34-19-8-4-3-5-9-19/h2-5,8-13,16,18H,1,6-7,14-15H2,(H2,26,27,28)/t18-/m1/s1. The molecule has 1 saturated heterocycles. The van der Waals surface area contributed by atoms with Crippen LogP contribution in [0.4, 0.5) is 5.82 Å². The molecule has 9 nitrogen and oxygen atoms in total. The molecular weight excluding hydrogens is 432 g/mol. The topological polar surface area (TPSA) is 108 Å². The zero-order valence-corrected chi connectivity index (χ0v) is 18.5. The van der Waals surface area contributed by atoms with E-state index in [4.69, 9.17) is 10.5 Å². The molecule has 5 rings (SSSR count). The quantitative estimate of drug-likeness (QED) is 0.462. The lowest BCUT2D eigenvalue weighted by Crippen LogP contribution is -2.42. The van der Waals surface area contributed by atoms with Crippen LogP contribution in [0.3, 0.4) is 0 Å². The third kappa shape index (κ3) is 3.81. The van der Waals surface area contributed by atoms with Gasteiger partial charge in [0.2, 0.25) is 5.91 Å². The number of carbonyl (C=O) groups excluding carboxylic acids is 1. The lowest BCUT2D eigenvalue weighted by molar-refractivity contribution is -0.127. The van der Waals surface area contributed by atoms with Gasteiger partial charge in [0.05, 0.1) is 11.7 Å². The van der Waals surface area contributed by atoms with E-state index in [9.17, 15) is 9.59 Å². The summed E-state index contributed by atoms with van der Waals surface area (Å²) in [5.41, 5.74) is 7.43. The highest BCUT2D eigenvalue weighted by atomic mass is 16.5. The molecule has 9 heteroatoms. The Morgan fingerprint density at radius 1 is 1.09 bits per heavy atom. The number of carbonyl (C=O) groups is 1. The number of nitrogens with zero attached hydrogens (tertiary/aromatic N) is 5. The number of nitrogens with two attached hydrogens (primary N) is 1. The highest BCUT2D eigenvalue weighted by Gasteiger charge is 2.29. The second kappa shape index (κ2) is 8.86. The molecule has 34 heavy (non-hydrogen) atoms. The maximum absolute atomic E-state index is 13.7. The van der Waals surface area contributed by atoms with E-state index >= 15 is 0 Å². The molecule has 1 amide bonds. The number of nitrogen functional groups attached to an aromatic ring is 1. The number of rotatable bonds is 5. The van der Waals surface area contributed by atoms with E-state index in [1.165, 1.54) is 17.0 Å². The fraction of sp³-hybridized carbons (Fsp3) is 0.200. The number of para-hydroxylation sites is 1. The first-order chi connectivity index (χ1) is 16.6. The van der Waals surface area contributed by atoms with Gasteiger partial charge in [0.15, 0.2) is 11.5 Å². The molecule has 0 aliphatic carbocycles. The zero-order chi connectivity index (χ0) is 23.7. The Hall–Kier alpha value is -4.40. The van der Waals surface area contributed by atoms with Crippen LogP contribution in [0.15, 0.2) is 78.4 Å². The maximum Gasteiger partial charge on any atom is 0.335 e. The van der Waals surface area contributed by atoms with E-state index in [1.54, 1.807) is 33.7 Å². The van der Waals surface area contributed by atoms with Crippen molar-refractivity contribution in [3.63, 3.8) is 0 Å². The molecule has 1 aliphatic heterocycles. The first-order valence-corrected chi connectivity index (χ1v) is 11.0. The van der Waals surface area contributed by atoms with Crippen LogP contribution in [0.5, 0.6) is 11.5 Å². The lowest BCUT2D eigenvalue weighted by Gasteiger charge is -2.32. The minimum atomic E-state index is -0.281. The van der Waals surface area contributed by atoms with Crippen LogP contribution >= 0.6 is 0 Å². The Labute approximate surface area is 195 Å². The molecule has 0 unspecified atom stereocenters. The van der Waals surface area contributed by atoms with Crippen LogP contribution in [0.1, 0.15) is 18.9 Å². The van der Waals surface area contributed by atoms with Gasteiger partial charge in [-0.15, -0.1) is 0 Å². The number of hydrogen-bond donors (Lipinski definition) is 1. The summed E-state index contributed by atoms with van der Waals surface area (Å²) >= 11 is 0. The van der Waals surface area contributed by atoms with Crippen LogP contribution in [-0.4, -0.2) is 43.0 Å². The van der Waals surface area contributed by atoms with E-state index < -0.39 is 0 Å². The van der Waals surface area contributed by atoms with Crippen molar-refractivity contribution in [3.8, 4) is 17.2 Å². The summed E-state index contributed by atoms with van der Waals surface area (Å²) in [4.78, 5) is 36.1. The largest absolute Gasteiger partial charge is 0.457 e. The molecule has 1 aliphatic rings. The number of imidazole rings is 1. The number of fused-ring (bicyclic) bond motifs is 1. The molecule has 172 valence electrons. The SMILES string of the molecule is C=CC(=O)N1CCC[C@@H](n2c(=O)n(-c3ccc(Oc4ccccc4)cc3)c3c(N)ncnc32)C1. The molecule has 1 atom stereocenters. The van der Waals surface area contributed by atoms with Crippen molar-refractivity contribution in [1.29, 1.82) is 0 Å². The first-order valence-electron chi connectivity index (χ1n) is 11.0. The van der Waals surface area contributed by atoms with E-state index in [-0.39, 0.29) is 23.5 Å². The monoisotopic (exact) mass is 456 g/mol. The van der Waals surface area contributed by atoms with Crippen LogP contribution in [0.25, 0.3) is 16.9 Å². The summed E-state index contributed by atoms with van der Waals surface area (Å²) in [7, 11) is 0. The van der Waals surface area contributed by atoms with Gasteiger partial charge in [-0.05, 0) is 55.3 Å². The molecule has 2 N–H and O–H groups in total. The van der Waals surface area contributed by atoms with Crippen molar-refractivity contribution < 1.29 is 9.53 Å². The van der Waals surface area contributed by atoms with Crippen LogP contribution in [-0.2, 0) is 4.79 Å². The summed E-state index contributed by atoms with van der Waals surface area (Å²) in [5, 5.41) is 0. The third-order valence-corrected chi connectivity index (χ3v) is 6.00. The molecule has 2 aromatic heterocycles. The van der Waals surface area contributed by atoms with Crippen molar-refractivity contribution >= 4 is 22.9 Å². The Morgan fingerprint density at radius 2 is 1.82 bits per heavy atom. The van der Waals surface area contributed by atoms with E-state index in [0.717, 1.165) is 18.6 Å². The first kappa shape index (κ1) is 21.4.